The van der Waals surface area contributed by atoms with E-state index in [0.717, 1.165) is 18.4 Å². The first-order valence-corrected chi connectivity index (χ1v) is 8.66. The highest BCUT2D eigenvalue weighted by Gasteiger charge is 2.23. The zero-order valence-electron chi connectivity index (χ0n) is 11.7. The van der Waals surface area contributed by atoms with Gasteiger partial charge in [-0.1, -0.05) is 23.8 Å². The van der Waals surface area contributed by atoms with Crippen molar-refractivity contribution in [2.24, 2.45) is 5.92 Å². The average molecular weight is 293 g/mol. The topological polar surface area (TPSA) is 63.2 Å². The number of nitrogens with one attached hydrogen (secondary N) is 1. The molecule has 1 aliphatic carbocycles. The fraction of sp³-hybridized carbons (Fsp3) is 0.400. The van der Waals surface area contributed by atoms with E-state index >= 15 is 0 Å². The van der Waals surface area contributed by atoms with E-state index in [1.54, 1.807) is 30.3 Å². The Morgan fingerprint density at radius 2 is 2.00 bits per heavy atom. The van der Waals surface area contributed by atoms with Crippen LogP contribution in [0.15, 0.2) is 35.9 Å². The van der Waals surface area contributed by atoms with E-state index in [-0.39, 0.29) is 11.7 Å². The molecular weight excluding hydrogens is 274 g/mol. The van der Waals surface area contributed by atoms with Crippen molar-refractivity contribution in [3.8, 4) is 0 Å². The van der Waals surface area contributed by atoms with Crippen molar-refractivity contribution >= 4 is 21.4 Å². The number of rotatable bonds is 5. The van der Waals surface area contributed by atoms with Crippen molar-refractivity contribution in [3.63, 3.8) is 0 Å². The Bertz CT molecular complexity index is 643. The van der Waals surface area contributed by atoms with Crippen LogP contribution in [0, 0.1) is 5.92 Å². The van der Waals surface area contributed by atoms with E-state index in [1.165, 1.54) is 6.26 Å². The normalized spacial score (nSPS) is 16.0. The van der Waals surface area contributed by atoms with Crippen molar-refractivity contribution in [2.75, 3.05) is 11.6 Å². The van der Waals surface area contributed by atoms with Crippen LogP contribution in [0.2, 0.25) is 0 Å². The third-order valence-electron chi connectivity index (χ3n) is 3.27. The van der Waals surface area contributed by atoms with E-state index in [9.17, 15) is 13.2 Å². The molecule has 2 rings (SSSR count). The van der Waals surface area contributed by atoms with Gasteiger partial charge in [0, 0.05) is 18.0 Å². The highest BCUT2D eigenvalue weighted by atomic mass is 32.2. The zero-order chi connectivity index (χ0) is 14.8. The van der Waals surface area contributed by atoms with Crippen LogP contribution in [0.4, 0.5) is 5.69 Å². The second-order valence-electron chi connectivity index (χ2n) is 5.38. The van der Waals surface area contributed by atoms with Crippen LogP contribution in [0.25, 0.3) is 0 Å². The number of anilines is 1. The molecular formula is C15H19NO3S. The number of sulfone groups is 1. The minimum atomic E-state index is -3.13. The van der Waals surface area contributed by atoms with Crippen LogP contribution in [-0.4, -0.2) is 20.6 Å². The molecule has 0 aromatic heterocycles. The third kappa shape index (κ3) is 4.49. The Kier molecular flexibility index (Phi) is 4.28. The molecule has 108 valence electrons. The molecule has 1 aliphatic rings. The maximum atomic E-state index is 11.9. The molecule has 0 unspecified atom stereocenters. The minimum absolute atomic E-state index is 0.0746. The van der Waals surface area contributed by atoms with Crippen LogP contribution in [0.3, 0.4) is 0 Å². The number of para-hydroxylation sites is 1. The first-order valence-electron chi connectivity index (χ1n) is 6.60. The predicted molar refractivity (Wildman–Crippen MR) is 80.1 cm³/mol. The van der Waals surface area contributed by atoms with Crippen LogP contribution >= 0.6 is 0 Å². The molecule has 1 aromatic rings. The molecule has 0 saturated heterocycles. The molecule has 1 saturated carbocycles. The quantitative estimate of drug-likeness (QED) is 0.848. The number of carbonyl (C=O) groups excluding carboxylic acids is 1. The molecule has 0 atom stereocenters. The summed E-state index contributed by atoms with van der Waals surface area (Å²) in [6, 6.07) is 6.98. The second-order valence-corrected chi connectivity index (χ2v) is 7.52. The number of amides is 1. The number of hydrogen-bond acceptors (Lipinski definition) is 3. The van der Waals surface area contributed by atoms with Crippen molar-refractivity contribution in [1.29, 1.82) is 0 Å². The Labute approximate surface area is 119 Å². The van der Waals surface area contributed by atoms with Gasteiger partial charge in [-0.3, -0.25) is 4.79 Å². The van der Waals surface area contributed by atoms with E-state index in [2.05, 4.69) is 5.32 Å². The molecule has 0 heterocycles. The van der Waals surface area contributed by atoms with Gasteiger partial charge in [0.05, 0.1) is 5.75 Å². The van der Waals surface area contributed by atoms with E-state index in [4.69, 9.17) is 0 Å². The van der Waals surface area contributed by atoms with Gasteiger partial charge in [-0.15, -0.1) is 0 Å². The van der Waals surface area contributed by atoms with Gasteiger partial charge in [-0.05, 0) is 37.3 Å². The van der Waals surface area contributed by atoms with E-state index < -0.39 is 9.84 Å². The Balaban J connectivity index is 2.12. The fourth-order valence-electron chi connectivity index (χ4n) is 2.08. The summed E-state index contributed by atoms with van der Waals surface area (Å²) in [4.78, 5) is 11.9. The lowest BCUT2D eigenvalue weighted by Gasteiger charge is -2.09. The third-order valence-corrected chi connectivity index (χ3v) is 4.11. The lowest BCUT2D eigenvalue weighted by molar-refractivity contribution is -0.112. The Morgan fingerprint density at radius 3 is 2.60 bits per heavy atom. The van der Waals surface area contributed by atoms with E-state index in [0.29, 0.717) is 17.2 Å². The summed E-state index contributed by atoms with van der Waals surface area (Å²) in [6.45, 7) is 1.96. The average Bonchev–Trinajstić information content (AvgIpc) is 3.13. The first kappa shape index (κ1) is 14.8. The van der Waals surface area contributed by atoms with Gasteiger partial charge < -0.3 is 5.32 Å². The molecule has 0 spiro atoms. The minimum Gasteiger partial charge on any atom is -0.322 e. The largest absolute Gasteiger partial charge is 0.322 e. The highest BCUT2D eigenvalue weighted by molar-refractivity contribution is 7.89. The molecule has 0 radical (unpaired) electrons. The summed E-state index contributed by atoms with van der Waals surface area (Å²) in [6.07, 6.45) is 5.10. The van der Waals surface area contributed by atoms with Crippen molar-refractivity contribution in [2.45, 2.75) is 25.5 Å². The molecule has 1 aromatic carbocycles. The van der Waals surface area contributed by atoms with Crippen LogP contribution < -0.4 is 5.32 Å². The second kappa shape index (κ2) is 5.79. The molecule has 1 N–H and O–H groups in total. The zero-order valence-corrected chi connectivity index (χ0v) is 12.5. The van der Waals surface area contributed by atoms with Crippen molar-refractivity contribution in [3.05, 3.63) is 41.5 Å². The van der Waals surface area contributed by atoms with Gasteiger partial charge >= 0.3 is 0 Å². The molecule has 5 heteroatoms. The van der Waals surface area contributed by atoms with E-state index in [1.807, 2.05) is 6.92 Å². The summed E-state index contributed by atoms with van der Waals surface area (Å²) in [5, 5.41) is 2.77. The Morgan fingerprint density at radius 1 is 1.35 bits per heavy atom. The molecule has 1 fully saturated rings. The molecule has 0 bridgehead atoms. The summed E-state index contributed by atoms with van der Waals surface area (Å²) in [5.74, 6) is 0.275. The molecule has 20 heavy (non-hydrogen) atoms. The maximum absolute atomic E-state index is 11.9. The number of benzene rings is 1. The first-order chi connectivity index (χ1) is 9.35. The number of allylic oxidation sites excluding steroid dienone is 1. The molecule has 4 nitrogen and oxygen atoms in total. The van der Waals surface area contributed by atoms with Crippen molar-refractivity contribution < 1.29 is 13.2 Å². The monoisotopic (exact) mass is 293 g/mol. The maximum Gasteiger partial charge on any atom is 0.248 e. The predicted octanol–water partition coefficient (Wildman–Crippen LogP) is 2.53. The standard InChI is InChI=1S/C15H19NO3S/c1-11(12-7-8-12)9-15(17)16-14-6-4-3-5-13(14)10-20(2,18)19/h3-6,9,12H,7-8,10H2,1-2H3,(H,16,17)/b11-9+. The SMILES string of the molecule is C/C(=C\C(=O)Nc1ccccc1CS(C)(=O)=O)C1CC1. The van der Waals surface area contributed by atoms with Gasteiger partial charge in [0.15, 0.2) is 9.84 Å². The molecule has 1 amide bonds. The number of carbonyl (C=O) groups is 1. The fourth-order valence-corrected chi connectivity index (χ4v) is 2.90. The lowest BCUT2D eigenvalue weighted by Crippen LogP contribution is -2.12. The smallest absolute Gasteiger partial charge is 0.248 e. The highest BCUT2D eigenvalue weighted by Crippen LogP contribution is 2.35. The summed E-state index contributed by atoms with van der Waals surface area (Å²) < 4.78 is 22.8. The van der Waals surface area contributed by atoms with Crippen LogP contribution in [0.1, 0.15) is 25.3 Å². The summed E-state index contributed by atoms with van der Waals surface area (Å²) >= 11 is 0. The van der Waals surface area contributed by atoms with Crippen LogP contribution in [0.5, 0.6) is 0 Å². The van der Waals surface area contributed by atoms with Gasteiger partial charge in [-0.25, -0.2) is 8.42 Å². The Hall–Kier alpha value is -1.62. The van der Waals surface area contributed by atoms with Gasteiger partial charge in [-0.2, -0.15) is 0 Å². The van der Waals surface area contributed by atoms with Gasteiger partial charge in [0.2, 0.25) is 5.91 Å². The lowest BCUT2D eigenvalue weighted by atomic mass is 10.1. The van der Waals surface area contributed by atoms with Gasteiger partial charge in [0.1, 0.15) is 0 Å². The van der Waals surface area contributed by atoms with Crippen molar-refractivity contribution in [1.82, 2.24) is 0 Å². The number of hydrogen-bond donors (Lipinski definition) is 1. The van der Waals surface area contributed by atoms with Gasteiger partial charge in [0.25, 0.3) is 0 Å². The summed E-state index contributed by atoms with van der Waals surface area (Å²) in [5.41, 5.74) is 2.26. The summed E-state index contributed by atoms with van der Waals surface area (Å²) in [7, 11) is -3.13. The molecule has 0 aliphatic heterocycles. The van der Waals surface area contributed by atoms with Crippen LogP contribution in [-0.2, 0) is 20.4 Å².